The number of carbonyl (C=O) groups is 1. The van der Waals surface area contributed by atoms with E-state index in [-0.39, 0.29) is 18.3 Å². The van der Waals surface area contributed by atoms with E-state index in [1.165, 1.54) is 0 Å². The largest absolute Gasteiger partial charge is 0.452 e. The lowest BCUT2D eigenvalue weighted by atomic mass is 9.91. The molecule has 0 heterocycles. The highest BCUT2D eigenvalue weighted by Crippen LogP contribution is 2.25. The Bertz CT molecular complexity index is 380. The van der Waals surface area contributed by atoms with Gasteiger partial charge < -0.3 is 14.2 Å². The zero-order chi connectivity index (χ0) is 16.5. The Labute approximate surface area is 141 Å². The highest BCUT2D eigenvalue weighted by atomic mass is 35.6. The lowest BCUT2D eigenvalue weighted by Gasteiger charge is -2.24. The predicted molar refractivity (Wildman–Crippen MR) is 84.5 cm³/mol. The van der Waals surface area contributed by atoms with Gasteiger partial charge >= 0.3 is 5.97 Å². The van der Waals surface area contributed by atoms with E-state index in [0.29, 0.717) is 19.6 Å². The lowest BCUT2D eigenvalue weighted by molar-refractivity contribution is -0.143. The molecular formula is C14H21Cl3O4. The summed E-state index contributed by atoms with van der Waals surface area (Å²) in [7, 11) is 0. The van der Waals surface area contributed by atoms with E-state index >= 15 is 0 Å². The van der Waals surface area contributed by atoms with Gasteiger partial charge in [0, 0.05) is 18.9 Å². The van der Waals surface area contributed by atoms with Crippen molar-refractivity contribution in [2.45, 2.75) is 44.2 Å². The van der Waals surface area contributed by atoms with Crippen LogP contribution in [0.4, 0.5) is 0 Å². The van der Waals surface area contributed by atoms with Crippen molar-refractivity contribution in [1.29, 1.82) is 0 Å². The predicted octanol–water partition coefficient (Wildman–Crippen LogP) is 3.72. The average Bonchev–Trinajstić information content (AvgIpc) is 2.33. The zero-order valence-electron chi connectivity index (χ0n) is 12.7. The highest BCUT2D eigenvalue weighted by molar-refractivity contribution is 6.67. The Balaban J connectivity index is 4.13. The number of hydrogen-bond donors (Lipinski definition) is 0. The summed E-state index contributed by atoms with van der Waals surface area (Å²) in [6, 6.07) is 0. The first-order valence-corrected chi connectivity index (χ1v) is 7.65. The second-order valence-corrected chi connectivity index (χ2v) is 7.68. The van der Waals surface area contributed by atoms with Crippen molar-refractivity contribution >= 4 is 40.8 Å². The van der Waals surface area contributed by atoms with E-state index in [1.807, 2.05) is 27.7 Å². The summed E-state index contributed by atoms with van der Waals surface area (Å²) in [5.74, 6) is 4.37. The van der Waals surface area contributed by atoms with Gasteiger partial charge in [0.15, 0.2) is 6.29 Å². The Morgan fingerprint density at radius 2 is 1.81 bits per heavy atom. The van der Waals surface area contributed by atoms with Crippen LogP contribution >= 0.6 is 34.8 Å². The molecule has 0 aliphatic heterocycles. The van der Waals surface area contributed by atoms with Crippen LogP contribution in [-0.4, -0.2) is 35.9 Å². The van der Waals surface area contributed by atoms with Crippen LogP contribution in [0.2, 0.25) is 0 Å². The monoisotopic (exact) mass is 358 g/mol. The molecule has 21 heavy (non-hydrogen) atoms. The van der Waals surface area contributed by atoms with Gasteiger partial charge in [0.25, 0.3) is 0 Å². The number of carbonyl (C=O) groups excluding carboxylic acids is 1. The molecule has 0 aliphatic rings. The molecular weight excluding hydrogens is 339 g/mol. The van der Waals surface area contributed by atoms with Crippen LogP contribution in [-0.2, 0) is 19.0 Å². The third-order valence-electron chi connectivity index (χ3n) is 2.23. The molecule has 122 valence electrons. The third kappa shape index (κ3) is 13.2. The summed E-state index contributed by atoms with van der Waals surface area (Å²) < 4.78 is 13.9. The summed E-state index contributed by atoms with van der Waals surface area (Å²) >= 11 is 16.4. The van der Waals surface area contributed by atoms with Gasteiger partial charge in [-0.15, -0.1) is 0 Å². The van der Waals surface area contributed by atoms with Gasteiger partial charge in [-0.05, 0) is 19.3 Å². The van der Waals surface area contributed by atoms with Crippen LogP contribution in [0.1, 0.15) is 34.1 Å². The molecule has 1 unspecified atom stereocenters. The van der Waals surface area contributed by atoms with Crippen molar-refractivity contribution in [1.82, 2.24) is 0 Å². The molecule has 0 bridgehead atoms. The molecule has 0 rings (SSSR count). The van der Waals surface area contributed by atoms with Crippen LogP contribution < -0.4 is 0 Å². The van der Waals surface area contributed by atoms with Crippen molar-refractivity contribution < 1.29 is 19.0 Å². The fourth-order valence-electron chi connectivity index (χ4n) is 1.22. The Hall–Kier alpha value is -0.180. The maximum Gasteiger partial charge on any atom is 0.384 e. The maximum absolute atomic E-state index is 11.3. The number of ether oxygens (including phenoxy) is 3. The minimum absolute atomic E-state index is 0.214. The van der Waals surface area contributed by atoms with Crippen molar-refractivity contribution in [3.63, 3.8) is 0 Å². The first-order chi connectivity index (χ1) is 9.56. The molecule has 1 atom stereocenters. The molecule has 0 aromatic carbocycles. The summed E-state index contributed by atoms with van der Waals surface area (Å²) in [5.41, 5.74) is -0.214. The SMILES string of the molecule is CCOC(C)OCC(C)(C)CC#CC(=O)OCC(Cl)(Cl)Cl. The molecule has 0 aromatic rings. The second-order valence-electron chi connectivity index (χ2n) is 5.17. The molecule has 0 radical (unpaired) electrons. The third-order valence-corrected chi connectivity index (χ3v) is 2.56. The van der Waals surface area contributed by atoms with E-state index in [0.717, 1.165) is 0 Å². The molecule has 0 N–H and O–H groups in total. The van der Waals surface area contributed by atoms with Gasteiger partial charge in [-0.1, -0.05) is 54.6 Å². The zero-order valence-corrected chi connectivity index (χ0v) is 14.9. The van der Waals surface area contributed by atoms with Crippen LogP contribution in [0.25, 0.3) is 0 Å². The van der Waals surface area contributed by atoms with Gasteiger partial charge in [0.2, 0.25) is 3.79 Å². The van der Waals surface area contributed by atoms with E-state index < -0.39 is 9.76 Å². The molecule has 0 saturated heterocycles. The van der Waals surface area contributed by atoms with Crippen LogP contribution in [0, 0.1) is 17.3 Å². The van der Waals surface area contributed by atoms with Crippen molar-refractivity contribution in [2.75, 3.05) is 19.8 Å². The molecule has 0 spiro atoms. The summed E-state index contributed by atoms with van der Waals surface area (Å²) in [4.78, 5) is 11.3. The minimum atomic E-state index is -1.63. The highest BCUT2D eigenvalue weighted by Gasteiger charge is 2.22. The van der Waals surface area contributed by atoms with E-state index in [1.54, 1.807) is 0 Å². The van der Waals surface area contributed by atoms with Gasteiger partial charge in [-0.2, -0.15) is 0 Å². The average molecular weight is 360 g/mol. The Kier molecular flexibility index (Phi) is 9.68. The molecule has 0 amide bonds. The number of rotatable bonds is 7. The maximum atomic E-state index is 11.3. The molecule has 7 heteroatoms. The molecule has 0 aliphatic carbocycles. The topological polar surface area (TPSA) is 44.8 Å². The normalized spacial score (nSPS) is 13.3. The van der Waals surface area contributed by atoms with E-state index in [2.05, 4.69) is 11.8 Å². The van der Waals surface area contributed by atoms with Crippen LogP contribution in [0.5, 0.6) is 0 Å². The second kappa shape index (κ2) is 9.76. The lowest BCUT2D eigenvalue weighted by Crippen LogP contribution is -2.24. The fourth-order valence-corrected chi connectivity index (χ4v) is 1.38. The molecule has 4 nitrogen and oxygen atoms in total. The number of halogens is 3. The molecule has 0 fully saturated rings. The quantitative estimate of drug-likeness (QED) is 0.228. The minimum Gasteiger partial charge on any atom is -0.452 e. The van der Waals surface area contributed by atoms with Crippen LogP contribution in [0.3, 0.4) is 0 Å². The van der Waals surface area contributed by atoms with E-state index in [9.17, 15) is 4.79 Å². The standard InChI is InChI=1S/C14H21Cl3O4/c1-5-19-11(2)20-9-13(3,4)8-6-7-12(18)21-10-14(15,16)17/h11H,5,8-10H2,1-4H3. The first kappa shape index (κ1) is 20.8. The Morgan fingerprint density at radius 1 is 1.19 bits per heavy atom. The fraction of sp³-hybridized carbons (Fsp3) is 0.786. The summed E-state index contributed by atoms with van der Waals surface area (Å²) in [5, 5.41) is 0. The van der Waals surface area contributed by atoms with Gasteiger partial charge in [-0.3, -0.25) is 0 Å². The number of esters is 1. The van der Waals surface area contributed by atoms with Gasteiger partial charge in [0.05, 0.1) is 6.61 Å². The number of hydrogen-bond acceptors (Lipinski definition) is 4. The molecule has 0 aromatic heterocycles. The van der Waals surface area contributed by atoms with Crippen molar-refractivity contribution in [2.24, 2.45) is 5.41 Å². The van der Waals surface area contributed by atoms with Crippen LogP contribution in [0.15, 0.2) is 0 Å². The van der Waals surface area contributed by atoms with E-state index in [4.69, 9.17) is 49.0 Å². The summed E-state index contributed by atoms with van der Waals surface area (Å²) in [6.45, 7) is 8.42. The first-order valence-electron chi connectivity index (χ1n) is 6.51. The van der Waals surface area contributed by atoms with Gasteiger partial charge in [-0.25, -0.2) is 4.79 Å². The smallest absolute Gasteiger partial charge is 0.384 e. The summed E-state index contributed by atoms with van der Waals surface area (Å²) in [6.07, 6.45) is 0.200. The van der Waals surface area contributed by atoms with Crippen molar-refractivity contribution in [3.05, 3.63) is 0 Å². The number of alkyl halides is 3. The molecule has 0 saturated carbocycles. The Morgan fingerprint density at radius 3 is 2.33 bits per heavy atom. The van der Waals surface area contributed by atoms with Crippen molar-refractivity contribution in [3.8, 4) is 11.8 Å². The van der Waals surface area contributed by atoms with Gasteiger partial charge in [0.1, 0.15) is 6.61 Å².